The van der Waals surface area contributed by atoms with Gasteiger partial charge in [-0.25, -0.2) is 4.98 Å². The topological polar surface area (TPSA) is 39.2 Å². The number of benzene rings is 1. The van der Waals surface area contributed by atoms with Gasteiger partial charge in [-0.05, 0) is 41.7 Å². The number of rotatable bonds is 3. The van der Waals surface area contributed by atoms with Crippen LogP contribution in [0.5, 0.6) is 11.5 Å². The molecular formula is C18H21NO2. The van der Waals surface area contributed by atoms with Crippen LogP contribution in [0.15, 0.2) is 36.5 Å². The average Bonchev–Trinajstić information content (AvgIpc) is 2.40. The Kier molecular flexibility index (Phi) is 4.12. The van der Waals surface area contributed by atoms with Crippen LogP contribution in [0, 0.1) is 6.92 Å². The van der Waals surface area contributed by atoms with Gasteiger partial charge in [-0.3, -0.25) is 4.79 Å². The largest absolute Gasteiger partial charge is 0.455 e. The summed E-state index contributed by atoms with van der Waals surface area (Å²) >= 11 is 0. The summed E-state index contributed by atoms with van der Waals surface area (Å²) in [6.45, 7) is 10.1. The summed E-state index contributed by atoms with van der Waals surface area (Å²) in [5.41, 5.74) is 2.92. The molecule has 0 saturated heterocycles. The molecule has 0 amide bonds. The Hall–Kier alpha value is -2.16. The summed E-state index contributed by atoms with van der Waals surface area (Å²) in [5.74, 6) is 1.39. The first-order chi connectivity index (χ1) is 9.77. The van der Waals surface area contributed by atoms with Crippen LogP contribution in [0.1, 0.15) is 49.3 Å². The Balaban J connectivity index is 2.22. The number of hydrogen-bond donors (Lipinski definition) is 0. The summed E-state index contributed by atoms with van der Waals surface area (Å²) in [5, 5.41) is 0. The molecule has 21 heavy (non-hydrogen) atoms. The van der Waals surface area contributed by atoms with E-state index in [9.17, 15) is 4.79 Å². The molecule has 0 saturated carbocycles. The van der Waals surface area contributed by atoms with E-state index in [4.69, 9.17) is 4.74 Å². The number of aryl methyl sites for hydroxylation is 1. The Morgan fingerprint density at radius 1 is 1.14 bits per heavy atom. The Bertz CT molecular complexity index is 652. The number of ether oxygens (including phenoxy) is 1. The number of ketones is 1. The third-order valence-corrected chi connectivity index (χ3v) is 3.37. The maximum absolute atomic E-state index is 11.2. The molecule has 0 atom stereocenters. The second-order valence-corrected chi connectivity index (χ2v) is 6.27. The summed E-state index contributed by atoms with van der Waals surface area (Å²) in [6, 6.07) is 9.65. The molecule has 0 bridgehead atoms. The fraction of sp³-hybridized carbons (Fsp3) is 0.333. The zero-order chi connectivity index (χ0) is 15.6. The first kappa shape index (κ1) is 15.2. The molecule has 110 valence electrons. The molecule has 0 aliphatic heterocycles. The summed E-state index contributed by atoms with van der Waals surface area (Å²) in [4.78, 5) is 15.3. The normalized spacial score (nSPS) is 11.3. The number of Topliss-reactive ketones (excluding diaryl/α,β-unsaturated/α-hetero) is 1. The molecule has 3 heteroatoms. The van der Waals surface area contributed by atoms with Crippen LogP contribution >= 0.6 is 0 Å². The molecule has 0 radical (unpaired) electrons. The van der Waals surface area contributed by atoms with E-state index in [1.165, 1.54) is 12.5 Å². The summed E-state index contributed by atoms with van der Waals surface area (Å²) in [7, 11) is 0. The zero-order valence-electron chi connectivity index (χ0n) is 13.2. The van der Waals surface area contributed by atoms with E-state index >= 15 is 0 Å². The standard InChI is InChI=1S/C18H21NO2/c1-12-10-14(18(3,4)5)6-9-17(12)21-15-7-8-16(13(2)20)19-11-15/h6-11H,1-5H3. The van der Waals surface area contributed by atoms with Crippen molar-refractivity contribution in [2.75, 3.05) is 0 Å². The number of pyridine rings is 1. The first-order valence-corrected chi connectivity index (χ1v) is 7.03. The van der Waals surface area contributed by atoms with Crippen molar-refractivity contribution in [2.45, 2.75) is 40.0 Å². The van der Waals surface area contributed by atoms with Gasteiger partial charge in [0.25, 0.3) is 0 Å². The Morgan fingerprint density at radius 3 is 2.33 bits per heavy atom. The minimum Gasteiger partial charge on any atom is -0.455 e. The minimum absolute atomic E-state index is 0.0488. The van der Waals surface area contributed by atoms with Crippen molar-refractivity contribution in [2.24, 2.45) is 0 Å². The molecule has 0 aliphatic carbocycles. The first-order valence-electron chi connectivity index (χ1n) is 7.03. The van der Waals surface area contributed by atoms with Gasteiger partial charge in [0.05, 0.1) is 6.20 Å². The second kappa shape index (κ2) is 5.68. The molecule has 0 N–H and O–H groups in total. The van der Waals surface area contributed by atoms with E-state index in [-0.39, 0.29) is 11.2 Å². The highest BCUT2D eigenvalue weighted by atomic mass is 16.5. The van der Waals surface area contributed by atoms with Gasteiger partial charge in [-0.2, -0.15) is 0 Å². The van der Waals surface area contributed by atoms with E-state index in [2.05, 4.69) is 37.9 Å². The maximum Gasteiger partial charge on any atom is 0.178 e. The van der Waals surface area contributed by atoms with Crippen molar-refractivity contribution in [3.63, 3.8) is 0 Å². The second-order valence-electron chi connectivity index (χ2n) is 6.27. The van der Waals surface area contributed by atoms with Gasteiger partial charge in [-0.15, -0.1) is 0 Å². The van der Waals surface area contributed by atoms with E-state index in [1.807, 2.05) is 13.0 Å². The highest BCUT2D eigenvalue weighted by molar-refractivity contribution is 5.92. The van der Waals surface area contributed by atoms with Crippen molar-refractivity contribution in [3.8, 4) is 11.5 Å². The predicted molar refractivity (Wildman–Crippen MR) is 84.2 cm³/mol. The third-order valence-electron chi connectivity index (χ3n) is 3.37. The van der Waals surface area contributed by atoms with E-state index in [1.54, 1.807) is 18.3 Å². The van der Waals surface area contributed by atoms with Crippen molar-refractivity contribution in [3.05, 3.63) is 53.3 Å². The van der Waals surface area contributed by atoms with Crippen LogP contribution in [0.2, 0.25) is 0 Å². The maximum atomic E-state index is 11.2. The molecule has 0 fully saturated rings. The lowest BCUT2D eigenvalue weighted by Gasteiger charge is -2.20. The molecule has 1 heterocycles. The smallest absolute Gasteiger partial charge is 0.178 e. The van der Waals surface area contributed by atoms with Gasteiger partial charge >= 0.3 is 0 Å². The number of carbonyl (C=O) groups is 1. The lowest BCUT2D eigenvalue weighted by molar-refractivity contribution is 0.101. The molecular weight excluding hydrogens is 262 g/mol. The Labute approximate surface area is 126 Å². The number of hydrogen-bond acceptors (Lipinski definition) is 3. The number of aromatic nitrogens is 1. The van der Waals surface area contributed by atoms with Gasteiger partial charge in [0.2, 0.25) is 0 Å². The van der Waals surface area contributed by atoms with Crippen LogP contribution in [0.4, 0.5) is 0 Å². The fourth-order valence-corrected chi connectivity index (χ4v) is 2.01. The van der Waals surface area contributed by atoms with Gasteiger partial charge in [0.15, 0.2) is 5.78 Å². The molecule has 2 aromatic rings. The lowest BCUT2D eigenvalue weighted by atomic mass is 9.86. The van der Waals surface area contributed by atoms with Crippen LogP contribution in [0.3, 0.4) is 0 Å². The Morgan fingerprint density at radius 2 is 1.86 bits per heavy atom. The van der Waals surface area contributed by atoms with Crippen molar-refractivity contribution >= 4 is 5.78 Å². The van der Waals surface area contributed by atoms with E-state index in [0.29, 0.717) is 11.4 Å². The van der Waals surface area contributed by atoms with Gasteiger partial charge in [0.1, 0.15) is 17.2 Å². The highest BCUT2D eigenvalue weighted by Crippen LogP contribution is 2.30. The zero-order valence-corrected chi connectivity index (χ0v) is 13.2. The molecule has 1 aromatic heterocycles. The van der Waals surface area contributed by atoms with Gasteiger partial charge in [0, 0.05) is 6.92 Å². The van der Waals surface area contributed by atoms with Crippen LogP contribution < -0.4 is 4.74 Å². The molecule has 0 spiro atoms. The van der Waals surface area contributed by atoms with Crippen molar-refractivity contribution in [1.29, 1.82) is 0 Å². The van der Waals surface area contributed by atoms with Crippen LogP contribution in [0.25, 0.3) is 0 Å². The van der Waals surface area contributed by atoms with E-state index < -0.39 is 0 Å². The lowest BCUT2D eigenvalue weighted by Crippen LogP contribution is -2.11. The number of carbonyl (C=O) groups excluding carboxylic acids is 1. The average molecular weight is 283 g/mol. The summed E-state index contributed by atoms with van der Waals surface area (Å²) in [6.07, 6.45) is 1.58. The van der Waals surface area contributed by atoms with Crippen molar-refractivity contribution < 1.29 is 9.53 Å². The van der Waals surface area contributed by atoms with Gasteiger partial charge < -0.3 is 4.74 Å². The number of nitrogens with zero attached hydrogens (tertiary/aromatic N) is 1. The molecule has 1 aromatic carbocycles. The SMILES string of the molecule is CC(=O)c1ccc(Oc2ccc(C(C)(C)C)cc2C)cn1. The quantitative estimate of drug-likeness (QED) is 0.768. The third kappa shape index (κ3) is 3.69. The molecule has 3 nitrogen and oxygen atoms in total. The van der Waals surface area contributed by atoms with Crippen molar-refractivity contribution in [1.82, 2.24) is 4.98 Å². The molecule has 2 rings (SSSR count). The monoisotopic (exact) mass is 283 g/mol. The molecule has 0 unspecified atom stereocenters. The van der Waals surface area contributed by atoms with E-state index in [0.717, 1.165) is 11.3 Å². The van der Waals surface area contributed by atoms with Crippen LogP contribution in [-0.2, 0) is 5.41 Å². The van der Waals surface area contributed by atoms with Gasteiger partial charge in [-0.1, -0.05) is 32.9 Å². The predicted octanol–water partition coefficient (Wildman–Crippen LogP) is 4.68. The molecule has 0 aliphatic rings. The van der Waals surface area contributed by atoms with Crippen LogP contribution in [-0.4, -0.2) is 10.8 Å². The minimum atomic E-state index is -0.0488. The fourth-order valence-electron chi connectivity index (χ4n) is 2.01. The summed E-state index contributed by atoms with van der Waals surface area (Å²) < 4.78 is 5.84. The highest BCUT2D eigenvalue weighted by Gasteiger charge is 2.15.